The minimum atomic E-state index is -0.144. The highest BCUT2D eigenvalue weighted by Crippen LogP contribution is 2.19. The maximum atomic E-state index is 12.7. The van der Waals surface area contributed by atoms with Gasteiger partial charge in [-0.25, -0.2) is 9.97 Å². The monoisotopic (exact) mass is 278 g/mol. The second kappa shape index (κ2) is 5.75. The Morgan fingerprint density at radius 1 is 1.50 bits per heavy atom. The van der Waals surface area contributed by atoms with Crippen LogP contribution >= 0.6 is 0 Å². The third kappa shape index (κ3) is 2.90. The fraction of sp³-hybridized carbons (Fsp3) is 0.643. The molecule has 0 saturated carbocycles. The van der Waals surface area contributed by atoms with Gasteiger partial charge in [0.25, 0.3) is 5.91 Å². The number of anilines is 1. The zero-order valence-corrected chi connectivity index (χ0v) is 12.5. The third-order valence-electron chi connectivity index (χ3n) is 3.42. The lowest BCUT2D eigenvalue weighted by molar-refractivity contribution is -0.0388. The van der Waals surface area contributed by atoms with Gasteiger partial charge in [0.2, 0.25) is 0 Å². The summed E-state index contributed by atoms with van der Waals surface area (Å²) in [6, 6.07) is 0.0237. The molecule has 20 heavy (non-hydrogen) atoms. The molecule has 1 aromatic heterocycles. The van der Waals surface area contributed by atoms with E-state index in [1.165, 1.54) is 6.20 Å². The predicted molar refractivity (Wildman–Crippen MR) is 76.4 cm³/mol. The highest BCUT2D eigenvalue weighted by Gasteiger charge is 2.30. The van der Waals surface area contributed by atoms with Crippen LogP contribution in [0.2, 0.25) is 0 Å². The van der Waals surface area contributed by atoms with Crippen LogP contribution in [-0.4, -0.2) is 46.1 Å². The van der Waals surface area contributed by atoms with Crippen LogP contribution in [0.5, 0.6) is 0 Å². The summed E-state index contributed by atoms with van der Waals surface area (Å²) in [7, 11) is 0. The number of aromatic nitrogens is 2. The van der Waals surface area contributed by atoms with Crippen molar-refractivity contribution in [1.82, 2.24) is 14.9 Å². The lowest BCUT2D eigenvalue weighted by Crippen LogP contribution is -2.50. The SMILES string of the molecule is CC1CN(C(=O)c2nc(C(C)C)ncc2N)C(C)CO1. The summed E-state index contributed by atoms with van der Waals surface area (Å²) < 4.78 is 5.54. The Labute approximate surface area is 119 Å². The van der Waals surface area contributed by atoms with Gasteiger partial charge >= 0.3 is 0 Å². The van der Waals surface area contributed by atoms with Crippen molar-refractivity contribution in [3.05, 3.63) is 17.7 Å². The van der Waals surface area contributed by atoms with Crippen molar-refractivity contribution in [3.8, 4) is 0 Å². The molecule has 6 nitrogen and oxygen atoms in total. The zero-order chi connectivity index (χ0) is 14.9. The van der Waals surface area contributed by atoms with Gasteiger partial charge in [-0.2, -0.15) is 0 Å². The average molecular weight is 278 g/mol. The molecule has 6 heteroatoms. The second-order valence-electron chi connectivity index (χ2n) is 5.64. The van der Waals surface area contributed by atoms with E-state index in [0.717, 1.165) is 0 Å². The van der Waals surface area contributed by atoms with Crippen molar-refractivity contribution >= 4 is 11.6 Å². The molecule has 0 spiro atoms. The molecule has 0 aromatic carbocycles. The molecule has 1 saturated heterocycles. The first kappa shape index (κ1) is 14.7. The van der Waals surface area contributed by atoms with Gasteiger partial charge in [0.1, 0.15) is 5.82 Å². The lowest BCUT2D eigenvalue weighted by atomic mass is 10.1. The van der Waals surface area contributed by atoms with Gasteiger partial charge in [-0.1, -0.05) is 13.8 Å². The van der Waals surface area contributed by atoms with E-state index in [2.05, 4.69) is 9.97 Å². The average Bonchev–Trinajstić information content (AvgIpc) is 2.41. The summed E-state index contributed by atoms with van der Waals surface area (Å²) in [6.45, 7) is 8.98. The van der Waals surface area contributed by atoms with Gasteiger partial charge < -0.3 is 15.4 Å². The standard InChI is InChI=1S/C14H22N4O2/c1-8(2)13-16-5-11(15)12(17-13)14(19)18-6-10(4)20-7-9(18)3/h5,8-10H,6-7,15H2,1-4H3. The highest BCUT2D eigenvalue weighted by molar-refractivity contribution is 5.97. The Morgan fingerprint density at radius 3 is 2.85 bits per heavy atom. The summed E-state index contributed by atoms with van der Waals surface area (Å²) in [4.78, 5) is 22.9. The number of nitrogen functional groups attached to an aromatic ring is 1. The Hall–Kier alpha value is -1.69. The molecule has 1 fully saturated rings. The van der Waals surface area contributed by atoms with Gasteiger partial charge in [0.15, 0.2) is 5.69 Å². The molecule has 0 radical (unpaired) electrons. The topological polar surface area (TPSA) is 81.3 Å². The number of ether oxygens (including phenoxy) is 1. The molecule has 110 valence electrons. The Kier molecular flexibility index (Phi) is 4.23. The van der Waals surface area contributed by atoms with E-state index in [1.807, 2.05) is 27.7 Å². The van der Waals surface area contributed by atoms with E-state index in [1.54, 1.807) is 4.90 Å². The normalized spacial score (nSPS) is 23.1. The zero-order valence-electron chi connectivity index (χ0n) is 12.5. The molecule has 1 aliphatic heterocycles. The molecule has 1 aromatic rings. The van der Waals surface area contributed by atoms with Gasteiger partial charge in [-0.15, -0.1) is 0 Å². The molecule has 2 heterocycles. The molecular formula is C14H22N4O2. The Bertz CT molecular complexity index is 504. The largest absolute Gasteiger partial charge is 0.396 e. The molecule has 0 bridgehead atoms. The Balaban J connectivity index is 2.30. The van der Waals surface area contributed by atoms with Crippen LogP contribution in [-0.2, 0) is 4.74 Å². The van der Waals surface area contributed by atoms with Crippen LogP contribution in [0.1, 0.15) is 49.9 Å². The second-order valence-corrected chi connectivity index (χ2v) is 5.64. The first-order valence-electron chi connectivity index (χ1n) is 6.95. The van der Waals surface area contributed by atoms with E-state index in [0.29, 0.717) is 30.4 Å². The predicted octanol–water partition coefficient (Wildman–Crippen LogP) is 1.43. The number of rotatable bonds is 2. The number of carbonyl (C=O) groups is 1. The van der Waals surface area contributed by atoms with Crippen LogP contribution in [0, 0.1) is 0 Å². The quantitative estimate of drug-likeness (QED) is 0.885. The van der Waals surface area contributed by atoms with E-state index < -0.39 is 0 Å². The summed E-state index contributed by atoms with van der Waals surface area (Å²) in [5.41, 5.74) is 6.49. The van der Waals surface area contributed by atoms with Gasteiger partial charge in [0, 0.05) is 12.5 Å². The van der Waals surface area contributed by atoms with Gasteiger partial charge in [0.05, 0.1) is 30.6 Å². The maximum absolute atomic E-state index is 12.7. The minimum absolute atomic E-state index is 0.0237. The van der Waals surface area contributed by atoms with E-state index in [4.69, 9.17) is 10.5 Å². The number of nitrogens with zero attached hydrogens (tertiary/aromatic N) is 3. The molecule has 0 aliphatic carbocycles. The van der Waals surface area contributed by atoms with Crippen molar-refractivity contribution < 1.29 is 9.53 Å². The first-order chi connectivity index (χ1) is 9.40. The number of nitrogens with two attached hydrogens (primary N) is 1. The summed E-state index contributed by atoms with van der Waals surface area (Å²) >= 11 is 0. The first-order valence-corrected chi connectivity index (χ1v) is 6.95. The number of hydrogen-bond donors (Lipinski definition) is 1. The van der Waals surface area contributed by atoms with Crippen molar-refractivity contribution in [2.45, 2.75) is 45.8 Å². The van der Waals surface area contributed by atoms with Crippen molar-refractivity contribution in [3.63, 3.8) is 0 Å². The molecule has 2 N–H and O–H groups in total. The molecule has 1 aliphatic rings. The summed E-state index contributed by atoms with van der Waals surface area (Å²) in [5, 5.41) is 0. The lowest BCUT2D eigenvalue weighted by Gasteiger charge is -2.36. The summed E-state index contributed by atoms with van der Waals surface area (Å²) in [6.07, 6.45) is 1.55. The number of morpholine rings is 1. The number of amides is 1. The fourth-order valence-electron chi connectivity index (χ4n) is 2.18. The van der Waals surface area contributed by atoms with Gasteiger partial charge in [-0.3, -0.25) is 4.79 Å². The molecular weight excluding hydrogens is 256 g/mol. The molecule has 2 unspecified atom stereocenters. The molecule has 2 rings (SSSR count). The highest BCUT2D eigenvalue weighted by atomic mass is 16.5. The van der Waals surface area contributed by atoms with Crippen LogP contribution in [0.15, 0.2) is 6.20 Å². The number of carbonyl (C=O) groups excluding carboxylic acids is 1. The van der Waals surface area contributed by atoms with Crippen LogP contribution < -0.4 is 5.73 Å². The Morgan fingerprint density at radius 2 is 2.20 bits per heavy atom. The van der Waals surface area contributed by atoms with Crippen LogP contribution in [0.4, 0.5) is 5.69 Å². The fourth-order valence-corrected chi connectivity index (χ4v) is 2.18. The maximum Gasteiger partial charge on any atom is 0.275 e. The third-order valence-corrected chi connectivity index (χ3v) is 3.42. The molecule has 2 atom stereocenters. The molecule has 1 amide bonds. The van der Waals surface area contributed by atoms with E-state index in [-0.39, 0.29) is 24.0 Å². The van der Waals surface area contributed by atoms with Crippen LogP contribution in [0.25, 0.3) is 0 Å². The summed E-state index contributed by atoms with van der Waals surface area (Å²) in [5.74, 6) is 0.647. The van der Waals surface area contributed by atoms with Crippen molar-refractivity contribution in [2.75, 3.05) is 18.9 Å². The number of hydrogen-bond acceptors (Lipinski definition) is 5. The minimum Gasteiger partial charge on any atom is -0.396 e. The van der Waals surface area contributed by atoms with Crippen molar-refractivity contribution in [1.29, 1.82) is 0 Å². The van der Waals surface area contributed by atoms with Crippen LogP contribution in [0.3, 0.4) is 0 Å². The van der Waals surface area contributed by atoms with E-state index >= 15 is 0 Å². The van der Waals surface area contributed by atoms with Gasteiger partial charge in [-0.05, 0) is 13.8 Å². The smallest absolute Gasteiger partial charge is 0.275 e. The van der Waals surface area contributed by atoms with E-state index in [9.17, 15) is 4.79 Å². The van der Waals surface area contributed by atoms with Crippen molar-refractivity contribution in [2.24, 2.45) is 0 Å².